The fourth-order valence-electron chi connectivity index (χ4n) is 5.15. The number of amides is 1. The Morgan fingerprint density at radius 1 is 0.917 bits per heavy atom. The van der Waals surface area contributed by atoms with E-state index in [0.29, 0.717) is 19.1 Å². The van der Waals surface area contributed by atoms with Crippen LogP contribution in [0.3, 0.4) is 0 Å². The SMILES string of the molecule is O=C(c1ccc(-c2cc(-c3cccc4c3OCCO4)[nH]n2)cc1)N1CCC(Cc2ccccc2)CC1. The highest BCUT2D eigenvalue weighted by molar-refractivity contribution is 5.94. The minimum absolute atomic E-state index is 0.107. The topological polar surface area (TPSA) is 67.5 Å². The van der Waals surface area contributed by atoms with Crippen molar-refractivity contribution in [3.8, 4) is 34.0 Å². The van der Waals surface area contributed by atoms with Gasteiger partial charge in [0.2, 0.25) is 0 Å². The van der Waals surface area contributed by atoms with E-state index in [4.69, 9.17) is 9.47 Å². The zero-order chi connectivity index (χ0) is 24.3. The Hall–Kier alpha value is -4.06. The molecule has 2 aliphatic rings. The van der Waals surface area contributed by atoms with Crippen LogP contribution in [0.1, 0.15) is 28.8 Å². The molecule has 0 radical (unpaired) electrons. The summed E-state index contributed by atoms with van der Waals surface area (Å²) in [4.78, 5) is 15.1. The largest absolute Gasteiger partial charge is 0.486 e. The lowest BCUT2D eigenvalue weighted by molar-refractivity contribution is 0.0690. The van der Waals surface area contributed by atoms with Crippen molar-refractivity contribution in [1.29, 1.82) is 0 Å². The normalized spacial score (nSPS) is 15.6. The van der Waals surface area contributed by atoms with E-state index in [2.05, 4.69) is 40.5 Å². The summed E-state index contributed by atoms with van der Waals surface area (Å²) in [6.45, 7) is 2.72. The molecule has 1 aromatic heterocycles. The summed E-state index contributed by atoms with van der Waals surface area (Å²) in [5.74, 6) is 2.24. The molecule has 0 bridgehead atoms. The number of ether oxygens (including phenoxy) is 2. The first-order chi connectivity index (χ1) is 17.7. The summed E-state index contributed by atoms with van der Waals surface area (Å²) in [6.07, 6.45) is 3.19. The summed E-state index contributed by atoms with van der Waals surface area (Å²) in [6, 6.07) is 26.2. The zero-order valence-electron chi connectivity index (χ0n) is 20.2. The molecular formula is C30H29N3O3. The third kappa shape index (κ3) is 4.59. The van der Waals surface area contributed by atoms with Gasteiger partial charge in [-0.3, -0.25) is 9.89 Å². The summed E-state index contributed by atoms with van der Waals surface area (Å²) >= 11 is 0. The van der Waals surface area contributed by atoms with Crippen molar-refractivity contribution in [2.45, 2.75) is 19.3 Å². The van der Waals surface area contributed by atoms with Crippen molar-refractivity contribution < 1.29 is 14.3 Å². The molecule has 0 saturated carbocycles. The average molecular weight is 480 g/mol. The van der Waals surface area contributed by atoms with Gasteiger partial charge >= 0.3 is 0 Å². The second kappa shape index (κ2) is 9.90. The zero-order valence-corrected chi connectivity index (χ0v) is 20.2. The van der Waals surface area contributed by atoms with Crippen molar-refractivity contribution in [3.63, 3.8) is 0 Å². The molecule has 182 valence electrons. The molecule has 3 aromatic carbocycles. The number of fused-ring (bicyclic) bond motifs is 1. The van der Waals surface area contributed by atoms with Gasteiger partial charge in [-0.1, -0.05) is 48.5 Å². The summed E-state index contributed by atoms with van der Waals surface area (Å²) < 4.78 is 11.5. The van der Waals surface area contributed by atoms with Crippen LogP contribution >= 0.6 is 0 Å². The van der Waals surface area contributed by atoms with E-state index in [-0.39, 0.29) is 5.91 Å². The predicted octanol–water partition coefficient (Wildman–Crippen LogP) is 5.61. The molecular weight excluding hydrogens is 450 g/mol. The Bertz CT molecular complexity index is 1340. The molecule has 1 fully saturated rings. The number of para-hydroxylation sites is 1. The molecule has 0 aliphatic carbocycles. The lowest BCUT2D eigenvalue weighted by Crippen LogP contribution is -2.38. The standard InChI is InChI=1S/C30H29N3O3/c34-30(33-15-13-22(14-16-33)19-21-5-2-1-3-6-21)24-11-9-23(10-12-24)26-20-27(32-31-26)25-7-4-8-28-29(25)36-18-17-35-28/h1-12,20,22H,13-19H2,(H,31,32). The van der Waals surface area contributed by atoms with Gasteiger partial charge in [0.1, 0.15) is 13.2 Å². The quantitative estimate of drug-likeness (QED) is 0.404. The lowest BCUT2D eigenvalue weighted by atomic mass is 9.90. The van der Waals surface area contributed by atoms with Gasteiger partial charge in [-0.2, -0.15) is 5.10 Å². The van der Waals surface area contributed by atoms with E-state index in [0.717, 1.165) is 71.9 Å². The van der Waals surface area contributed by atoms with Gasteiger partial charge in [0.05, 0.1) is 11.4 Å². The Morgan fingerprint density at radius 3 is 2.50 bits per heavy atom. The summed E-state index contributed by atoms with van der Waals surface area (Å²) in [5.41, 5.74) is 5.67. The molecule has 1 N–H and O–H groups in total. The summed E-state index contributed by atoms with van der Waals surface area (Å²) in [5, 5.41) is 7.62. The number of aromatic nitrogens is 2. The molecule has 1 amide bonds. The van der Waals surface area contributed by atoms with E-state index in [1.54, 1.807) is 0 Å². The first-order valence-corrected chi connectivity index (χ1v) is 12.6. The number of likely N-dealkylation sites (tertiary alicyclic amines) is 1. The van der Waals surface area contributed by atoms with Crippen LogP contribution in [0.25, 0.3) is 22.5 Å². The number of aromatic amines is 1. The van der Waals surface area contributed by atoms with Crippen LogP contribution in [0.2, 0.25) is 0 Å². The minimum atomic E-state index is 0.107. The van der Waals surface area contributed by atoms with Crippen LogP contribution in [-0.4, -0.2) is 47.3 Å². The number of hydrogen-bond acceptors (Lipinski definition) is 4. The number of benzene rings is 3. The number of nitrogens with one attached hydrogen (secondary N) is 1. The molecule has 2 aliphatic heterocycles. The molecule has 6 rings (SSSR count). The lowest BCUT2D eigenvalue weighted by Gasteiger charge is -2.32. The van der Waals surface area contributed by atoms with Crippen molar-refractivity contribution >= 4 is 5.91 Å². The monoisotopic (exact) mass is 479 g/mol. The van der Waals surface area contributed by atoms with Crippen molar-refractivity contribution in [3.05, 3.63) is 90.0 Å². The van der Waals surface area contributed by atoms with Gasteiger partial charge in [0, 0.05) is 29.8 Å². The van der Waals surface area contributed by atoms with Crippen LogP contribution in [0.15, 0.2) is 78.9 Å². The van der Waals surface area contributed by atoms with Gasteiger partial charge in [-0.15, -0.1) is 0 Å². The van der Waals surface area contributed by atoms with E-state index in [1.165, 1.54) is 5.56 Å². The second-order valence-corrected chi connectivity index (χ2v) is 9.50. The van der Waals surface area contributed by atoms with Crippen molar-refractivity contribution in [1.82, 2.24) is 15.1 Å². The van der Waals surface area contributed by atoms with Gasteiger partial charge in [0.15, 0.2) is 11.5 Å². The van der Waals surface area contributed by atoms with Gasteiger partial charge < -0.3 is 14.4 Å². The number of H-pyrrole nitrogens is 1. The molecule has 1 saturated heterocycles. The highest BCUT2D eigenvalue weighted by atomic mass is 16.6. The molecule has 0 unspecified atom stereocenters. The number of hydrogen-bond donors (Lipinski definition) is 1. The van der Waals surface area contributed by atoms with Crippen LogP contribution in [0.4, 0.5) is 0 Å². The van der Waals surface area contributed by atoms with E-state index in [9.17, 15) is 4.79 Å². The fourth-order valence-corrected chi connectivity index (χ4v) is 5.15. The highest BCUT2D eigenvalue weighted by Gasteiger charge is 2.24. The minimum Gasteiger partial charge on any atom is -0.486 e. The Kier molecular flexibility index (Phi) is 6.16. The van der Waals surface area contributed by atoms with E-state index < -0.39 is 0 Å². The van der Waals surface area contributed by atoms with Crippen LogP contribution in [0.5, 0.6) is 11.5 Å². The van der Waals surface area contributed by atoms with Crippen molar-refractivity contribution in [2.24, 2.45) is 5.92 Å². The maximum atomic E-state index is 13.1. The van der Waals surface area contributed by atoms with E-state index in [1.807, 2.05) is 53.4 Å². The Labute approximate surface area is 210 Å². The third-order valence-electron chi connectivity index (χ3n) is 7.13. The number of nitrogens with zero attached hydrogens (tertiary/aromatic N) is 2. The molecule has 6 nitrogen and oxygen atoms in total. The van der Waals surface area contributed by atoms with Gasteiger partial charge in [-0.25, -0.2) is 0 Å². The number of carbonyl (C=O) groups excluding carboxylic acids is 1. The van der Waals surface area contributed by atoms with Crippen LogP contribution in [-0.2, 0) is 6.42 Å². The Morgan fingerprint density at radius 2 is 1.69 bits per heavy atom. The number of piperidine rings is 1. The predicted molar refractivity (Wildman–Crippen MR) is 139 cm³/mol. The fraction of sp³-hybridized carbons (Fsp3) is 0.267. The van der Waals surface area contributed by atoms with Gasteiger partial charge in [-0.05, 0) is 61.1 Å². The summed E-state index contributed by atoms with van der Waals surface area (Å²) in [7, 11) is 0. The maximum Gasteiger partial charge on any atom is 0.253 e. The number of rotatable bonds is 5. The molecule has 4 aromatic rings. The smallest absolute Gasteiger partial charge is 0.253 e. The van der Waals surface area contributed by atoms with Crippen molar-refractivity contribution in [2.75, 3.05) is 26.3 Å². The first-order valence-electron chi connectivity index (χ1n) is 12.6. The second-order valence-electron chi connectivity index (χ2n) is 9.50. The van der Waals surface area contributed by atoms with Gasteiger partial charge in [0.25, 0.3) is 5.91 Å². The molecule has 36 heavy (non-hydrogen) atoms. The van der Waals surface area contributed by atoms with Crippen LogP contribution < -0.4 is 9.47 Å². The highest BCUT2D eigenvalue weighted by Crippen LogP contribution is 2.39. The molecule has 6 heteroatoms. The number of carbonyl (C=O) groups is 1. The first kappa shape index (κ1) is 22.4. The maximum absolute atomic E-state index is 13.1. The Balaban J connectivity index is 1.10. The average Bonchev–Trinajstić information content (AvgIpc) is 3.44. The molecule has 0 atom stereocenters. The molecule has 3 heterocycles. The van der Waals surface area contributed by atoms with E-state index >= 15 is 0 Å². The van der Waals surface area contributed by atoms with Crippen LogP contribution in [0, 0.1) is 5.92 Å². The molecule has 0 spiro atoms. The third-order valence-corrected chi connectivity index (χ3v) is 7.13.